The first kappa shape index (κ1) is 17.2. The second-order valence-corrected chi connectivity index (χ2v) is 8.64. The minimum Gasteiger partial charge on any atom is -0.326 e. The second-order valence-electron chi connectivity index (χ2n) is 7.32. The molecule has 27 heavy (non-hydrogen) atoms. The summed E-state index contributed by atoms with van der Waals surface area (Å²) in [6.45, 7) is 3.14. The average molecular weight is 409 g/mol. The molecule has 5 rings (SSSR count). The van der Waals surface area contributed by atoms with Crippen LogP contribution < -0.4 is 16.0 Å². The van der Waals surface area contributed by atoms with Crippen LogP contribution in [-0.4, -0.2) is 46.8 Å². The van der Waals surface area contributed by atoms with Crippen molar-refractivity contribution in [3.8, 4) is 0 Å². The number of aromatic nitrogens is 2. The van der Waals surface area contributed by atoms with E-state index in [0.29, 0.717) is 10.3 Å². The fourth-order valence-electron chi connectivity index (χ4n) is 3.78. The van der Waals surface area contributed by atoms with E-state index in [-0.39, 0.29) is 27.4 Å². The molecule has 142 valence electrons. The van der Waals surface area contributed by atoms with Crippen LogP contribution >= 0.6 is 23.1 Å². The van der Waals surface area contributed by atoms with Crippen molar-refractivity contribution in [1.29, 1.82) is 0 Å². The van der Waals surface area contributed by atoms with E-state index in [4.69, 9.17) is 11.6 Å². The lowest BCUT2D eigenvalue weighted by molar-refractivity contribution is 0.291. The molecule has 0 N–H and O–H groups in total. The molecular formula is C18H18ClFN4O2S. The summed E-state index contributed by atoms with van der Waals surface area (Å²) in [6, 6.07) is 2.62. The molecule has 0 bridgehead atoms. The van der Waals surface area contributed by atoms with Crippen molar-refractivity contribution in [3.05, 3.63) is 43.5 Å². The number of benzene rings is 1. The molecule has 0 radical (unpaired) electrons. The van der Waals surface area contributed by atoms with Gasteiger partial charge in [-0.15, -0.1) is 0 Å². The lowest BCUT2D eigenvalue weighted by atomic mass is 10.1. The van der Waals surface area contributed by atoms with E-state index >= 15 is 0 Å². The number of halogens is 2. The van der Waals surface area contributed by atoms with E-state index in [1.165, 1.54) is 23.7 Å². The van der Waals surface area contributed by atoms with Gasteiger partial charge in [-0.25, -0.2) is 4.39 Å². The minimum absolute atomic E-state index is 0.139. The van der Waals surface area contributed by atoms with Gasteiger partial charge in [0.1, 0.15) is 16.0 Å². The first-order valence-corrected chi connectivity index (χ1v) is 10.1. The number of hydrogen-bond donors (Lipinski definition) is 0. The van der Waals surface area contributed by atoms with Crippen LogP contribution in [0.25, 0.3) is 21.1 Å². The highest BCUT2D eigenvalue weighted by molar-refractivity contribution is 7.13. The highest BCUT2D eigenvalue weighted by Crippen LogP contribution is 2.41. The smallest absolute Gasteiger partial charge is 0.293 e. The number of nitrogens with zero attached hydrogens (tertiary/aromatic N) is 4. The van der Waals surface area contributed by atoms with E-state index in [2.05, 4.69) is 4.90 Å². The Hall–Kier alpha value is -1.90. The van der Waals surface area contributed by atoms with Crippen molar-refractivity contribution in [1.82, 2.24) is 13.5 Å². The summed E-state index contributed by atoms with van der Waals surface area (Å²) in [7, 11) is 2.05. The van der Waals surface area contributed by atoms with E-state index in [0.717, 1.165) is 39.0 Å². The van der Waals surface area contributed by atoms with Crippen LogP contribution in [0.4, 0.5) is 4.39 Å². The van der Waals surface area contributed by atoms with E-state index in [1.807, 2.05) is 16.6 Å². The van der Waals surface area contributed by atoms with Crippen molar-refractivity contribution < 1.29 is 4.39 Å². The Labute approximate surface area is 163 Å². The third-order valence-corrected chi connectivity index (χ3v) is 6.81. The molecule has 0 unspecified atom stereocenters. The van der Waals surface area contributed by atoms with Crippen molar-refractivity contribution in [2.24, 2.45) is 0 Å². The van der Waals surface area contributed by atoms with Crippen LogP contribution in [0, 0.1) is 5.82 Å². The van der Waals surface area contributed by atoms with Gasteiger partial charge in [0.2, 0.25) is 5.43 Å². The number of pyridine rings is 1. The SMILES string of the molecule is CN1CCN(n2sc3c(c(=O)c4cc(F)cc(Cl)c4n3C3CC3)c2=O)CC1. The quantitative estimate of drug-likeness (QED) is 0.653. The third-order valence-electron chi connectivity index (χ3n) is 5.38. The molecule has 9 heteroatoms. The summed E-state index contributed by atoms with van der Waals surface area (Å²) >= 11 is 7.62. The maximum atomic E-state index is 13.9. The first-order valence-electron chi connectivity index (χ1n) is 8.99. The average Bonchev–Trinajstić information content (AvgIpc) is 3.40. The van der Waals surface area contributed by atoms with Gasteiger partial charge in [-0.2, -0.15) is 4.07 Å². The number of piperazine rings is 1. The van der Waals surface area contributed by atoms with Crippen molar-refractivity contribution in [2.45, 2.75) is 18.9 Å². The Morgan fingerprint density at radius 3 is 2.52 bits per heavy atom. The molecule has 0 atom stereocenters. The first-order chi connectivity index (χ1) is 13.0. The number of likely N-dealkylation sites (N-methyl/N-ethyl adjacent to an activating group) is 1. The van der Waals surface area contributed by atoms with Gasteiger partial charge in [0, 0.05) is 32.2 Å². The van der Waals surface area contributed by atoms with Gasteiger partial charge in [0.05, 0.1) is 15.9 Å². The maximum Gasteiger partial charge on any atom is 0.293 e. The fraction of sp³-hybridized carbons (Fsp3) is 0.444. The highest BCUT2D eigenvalue weighted by atomic mass is 35.5. The van der Waals surface area contributed by atoms with Crippen LogP contribution in [0.2, 0.25) is 5.02 Å². The summed E-state index contributed by atoms with van der Waals surface area (Å²) in [5.74, 6) is -0.569. The zero-order chi connectivity index (χ0) is 18.9. The Kier molecular flexibility index (Phi) is 3.86. The predicted molar refractivity (Wildman–Crippen MR) is 107 cm³/mol. The zero-order valence-corrected chi connectivity index (χ0v) is 16.3. The fourth-order valence-corrected chi connectivity index (χ4v) is 5.29. The summed E-state index contributed by atoms with van der Waals surface area (Å²) in [5, 5.41) is 2.51. The van der Waals surface area contributed by atoms with Gasteiger partial charge >= 0.3 is 0 Å². The molecule has 3 heterocycles. The molecule has 0 amide bonds. The van der Waals surface area contributed by atoms with Crippen molar-refractivity contribution >= 4 is 44.3 Å². The summed E-state index contributed by atoms with van der Waals surface area (Å²) in [4.78, 5) is 29.0. The molecule has 1 aliphatic heterocycles. The Balaban J connectivity index is 1.85. The zero-order valence-electron chi connectivity index (χ0n) is 14.7. The molecule has 0 spiro atoms. The molecule has 1 saturated heterocycles. The van der Waals surface area contributed by atoms with E-state index in [1.54, 1.807) is 4.07 Å². The summed E-state index contributed by atoms with van der Waals surface area (Å²) in [5.41, 5.74) is -0.224. The van der Waals surface area contributed by atoms with E-state index < -0.39 is 11.2 Å². The maximum absolute atomic E-state index is 13.9. The lowest BCUT2D eigenvalue weighted by Crippen LogP contribution is -2.51. The topological polar surface area (TPSA) is 50.5 Å². The van der Waals surface area contributed by atoms with Gasteiger partial charge in [0.15, 0.2) is 0 Å². The van der Waals surface area contributed by atoms with Crippen LogP contribution in [0.15, 0.2) is 21.7 Å². The molecule has 1 aromatic carbocycles. The molecule has 6 nitrogen and oxygen atoms in total. The summed E-state index contributed by atoms with van der Waals surface area (Å²) in [6.07, 6.45) is 1.92. The summed E-state index contributed by atoms with van der Waals surface area (Å²) < 4.78 is 17.5. The predicted octanol–water partition coefficient (Wildman–Crippen LogP) is 2.39. The standard InChI is InChI=1S/C18H18ClFN4O2S/c1-21-4-6-22(7-5-21)24-17(26)14-16(25)12-8-10(20)9-13(19)15(12)23(11-2-3-11)18(14)27-24/h8-9,11H,2-7H2,1H3. The number of hydrogen-bond acceptors (Lipinski definition) is 5. The normalized spacial score (nSPS) is 18.7. The molecule has 2 aliphatic rings. The van der Waals surface area contributed by atoms with E-state index in [9.17, 15) is 14.0 Å². The molecule has 3 aromatic rings. The Bertz CT molecular complexity index is 1190. The lowest BCUT2D eigenvalue weighted by Gasteiger charge is -2.33. The van der Waals surface area contributed by atoms with Crippen LogP contribution in [0.1, 0.15) is 18.9 Å². The molecule has 2 fully saturated rings. The largest absolute Gasteiger partial charge is 0.326 e. The molecule has 2 aromatic heterocycles. The second kappa shape index (κ2) is 6.05. The van der Waals surface area contributed by atoms with Gasteiger partial charge in [-0.3, -0.25) is 14.6 Å². The van der Waals surface area contributed by atoms with Gasteiger partial charge < -0.3 is 9.47 Å². The monoisotopic (exact) mass is 408 g/mol. The highest BCUT2D eigenvalue weighted by Gasteiger charge is 2.31. The van der Waals surface area contributed by atoms with Crippen LogP contribution in [0.5, 0.6) is 0 Å². The van der Waals surface area contributed by atoms with Crippen molar-refractivity contribution in [2.75, 3.05) is 38.2 Å². The Morgan fingerprint density at radius 1 is 1.15 bits per heavy atom. The van der Waals surface area contributed by atoms with Gasteiger partial charge in [-0.05, 0) is 43.6 Å². The van der Waals surface area contributed by atoms with Crippen LogP contribution in [0.3, 0.4) is 0 Å². The van der Waals surface area contributed by atoms with Gasteiger partial charge in [-0.1, -0.05) is 11.6 Å². The molecular weight excluding hydrogens is 391 g/mol. The minimum atomic E-state index is -0.569. The van der Waals surface area contributed by atoms with Crippen molar-refractivity contribution in [3.63, 3.8) is 0 Å². The Morgan fingerprint density at radius 2 is 1.85 bits per heavy atom. The molecule has 1 aliphatic carbocycles. The molecule has 1 saturated carbocycles. The third kappa shape index (κ3) is 2.61. The van der Waals surface area contributed by atoms with Crippen LogP contribution in [-0.2, 0) is 0 Å². The van der Waals surface area contributed by atoms with Gasteiger partial charge in [0.25, 0.3) is 5.56 Å². The number of fused-ring (bicyclic) bond motifs is 2. The number of rotatable bonds is 2.